The van der Waals surface area contributed by atoms with Crippen molar-refractivity contribution in [3.63, 3.8) is 0 Å². The maximum Gasteiger partial charge on any atom is 0.265 e. The fraction of sp³-hybridized carbons (Fsp3) is 0.238. The van der Waals surface area contributed by atoms with Crippen molar-refractivity contribution in [2.75, 3.05) is 37.2 Å². The van der Waals surface area contributed by atoms with E-state index < -0.39 is 5.91 Å². The number of aromatic nitrogens is 2. The smallest absolute Gasteiger partial charge is 0.265 e. The number of amides is 2. The zero-order valence-corrected chi connectivity index (χ0v) is 19.3. The van der Waals surface area contributed by atoms with Gasteiger partial charge in [-0.05, 0) is 43.3 Å². The van der Waals surface area contributed by atoms with E-state index in [1.807, 2.05) is 6.92 Å². The van der Waals surface area contributed by atoms with Crippen LogP contribution in [0.1, 0.15) is 17.3 Å². The second-order valence-corrected chi connectivity index (χ2v) is 8.36. The highest BCUT2D eigenvalue weighted by atomic mass is 32.2. The largest absolute Gasteiger partial charge is 0.496 e. The van der Waals surface area contributed by atoms with Gasteiger partial charge < -0.3 is 19.5 Å². The molecule has 3 rings (SSSR count). The van der Waals surface area contributed by atoms with Crippen molar-refractivity contribution in [3.8, 4) is 17.2 Å². The Balaban J connectivity index is 1.55. The van der Waals surface area contributed by atoms with Crippen molar-refractivity contribution in [3.05, 3.63) is 48.0 Å². The van der Waals surface area contributed by atoms with Gasteiger partial charge in [0.05, 0.1) is 26.6 Å². The monoisotopic (exact) mass is 474 g/mol. The molecule has 2 aromatic carbocycles. The molecule has 0 saturated carbocycles. The molecule has 168 valence electrons. The lowest BCUT2D eigenvalue weighted by Gasteiger charge is -2.11. The van der Waals surface area contributed by atoms with Gasteiger partial charge in [-0.3, -0.25) is 14.9 Å². The fourth-order valence-electron chi connectivity index (χ4n) is 2.68. The molecule has 0 atom stereocenters. The van der Waals surface area contributed by atoms with E-state index in [0.29, 0.717) is 33.3 Å². The average Bonchev–Trinajstić information content (AvgIpc) is 3.25. The quantitative estimate of drug-likeness (QED) is 0.336. The van der Waals surface area contributed by atoms with E-state index in [-0.39, 0.29) is 17.2 Å². The Bertz CT molecular complexity index is 1050. The van der Waals surface area contributed by atoms with E-state index in [2.05, 4.69) is 20.8 Å². The third-order valence-electron chi connectivity index (χ3n) is 4.06. The molecule has 2 N–H and O–H groups in total. The molecule has 32 heavy (non-hydrogen) atoms. The van der Waals surface area contributed by atoms with Crippen LogP contribution in [0.4, 0.5) is 10.8 Å². The molecular weight excluding hydrogens is 452 g/mol. The fourth-order valence-corrected chi connectivity index (χ4v) is 4.23. The van der Waals surface area contributed by atoms with Crippen LogP contribution >= 0.6 is 23.1 Å². The minimum absolute atomic E-state index is 0.149. The van der Waals surface area contributed by atoms with Crippen molar-refractivity contribution in [2.45, 2.75) is 11.3 Å². The van der Waals surface area contributed by atoms with Gasteiger partial charge in [-0.15, -0.1) is 10.2 Å². The number of carbonyl (C=O) groups is 2. The van der Waals surface area contributed by atoms with Crippen molar-refractivity contribution in [2.24, 2.45) is 0 Å². The summed E-state index contributed by atoms with van der Waals surface area (Å²) in [6, 6.07) is 12.2. The Kier molecular flexibility index (Phi) is 8.28. The number of rotatable bonds is 10. The molecule has 0 saturated heterocycles. The molecule has 0 aliphatic heterocycles. The highest BCUT2D eigenvalue weighted by molar-refractivity contribution is 8.01. The SMILES string of the molecule is CCOc1ccc(NC(=O)CSc2nnc(NC(=O)c3c(OC)cccc3OC)s2)cc1. The Hall–Kier alpha value is -3.31. The Labute approximate surface area is 193 Å². The Morgan fingerprint density at radius 2 is 1.69 bits per heavy atom. The molecule has 2 amide bonds. The number of nitrogens with one attached hydrogen (secondary N) is 2. The molecule has 0 unspecified atom stereocenters. The molecule has 0 spiro atoms. The van der Waals surface area contributed by atoms with Crippen LogP contribution in [0.2, 0.25) is 0 Å². The molecule has 0 aliphatic rings. The van der Waals surface area contributed by atoms with Crippen LogP contribution in [0.3, 0.4) is 0 Å². The summed E-state index contributed by atoms with van der Waals surface area (Å²) in [6.07, 6.45) is 0. The highest BCUT2D eigenvalue weighted by Gasteiger charge is 2.20. The standard InChI is InChI=1S/C21H22N4O5S2/c1-4-30-14-10-8-13(9-11-14)22-17(26)12-31-21-25-24-20(32-21)23-19(27)18-15(28-2)6-5-7-16(18)29-3/h5-11H,4,12H2,1-3H3,(H,22,26)(H,23,24,27). The van der Waals surface area contributed by atoms with Gasteiger partial charge in [0, 0.05) is 5.69 Å². The summed E-state index contributed by atoms with van der Waals surface area (Å²) in [5.41, 5.74) is 0.937. The number of ether oxygens (including phenoxy) is 3. The second-order valence-electron chi connectivity index (χ2n) is 6.16. The lowest BCUT2D eigenvalue weighted by atomic mass is 10.1. The molecule has 9 nitrogen and oxygen atoms in total. The normalized spacial score (nSPS) is 10.3. The summed E-state index contributed by atoms with van der Waals surface area (Å²) < 4.78 is 16.4. The second kappa shape index (κ2) is 11.3. The number of hydrogen-bond acceptors (Lipinski definition) is 9. The van der Waals surface area contributed by atoms with Gasteiger partial charge in [0.1, 0.15) is 22.8 Å². The summed E-state index contributed by atoms with van der Waals surface area (Å²) >= 11 is 2.39. The summed E-state index contributed by atoms with van der Waals surface area (Å²) in [5, 5.41) is 13.8. The van der Waals surface area contributed by atoms with Crippen molar-refractivity contribution in [1.29, 1.82) is 0 Å². The minimum atomic E-state index is -0.430. The van der Waals surface area contributed by atoms with E-state index in [4.69, 9.17) is 14.2 Å². The summed E-state index contributed by atoms with van der Waals surface area (Å²) in [7, 11) is 2.95. The number of benzene rings is 2. The molecule has 1 heterocycles. The highest BCUT2D eigenvalue weighted by Crippen LogP contribution is 2.31. The predicted molar refractivity (Wildman–Crippen MR) is 124 cm³/mol. The third-order valence-corrected chi connectivity index (χ3v) is 6.03. The maximum absolute atomic E-state index is 12.7. The van der Waals surface area contributed by atoms with Gasteiger partial charge in [-0.2, -0.15) is 0 Å². The summed E-state index contributed by atoms with van der Waals surface area (Å²) in [4.78, 5) is 24.9. The van der Waals surface area contributed by atoms with E-state index in [1.54, 1.807) is 42.5 Å². The maximum atomic E-state index is 12.7. The Morgan fingerprint density at radius 3 is 2.31 bits per heavy atom. The first-order chi connectivity index (χ1) is 15.5. The van der Waals surface area contributed by atoms with Gasteiger partial charge in [0.2, 0.25) is 11.0 Å². The van der Waals surface area contributed by atoms with Gasteiger partial charge in [-0.25, -0.2) is 0 Å². The zero-order chi connectivity index (χ0) is 22.9. The third kappa shape index (κ3) is 6.11. The topological polar surface area (TPSA) is 112 Å². The summed E-state index contributed by atoms with van der Waals surface area (Å²) in [5.74, 6) is 1.04. The van der Waals surface area contributed by atoms with Crippen LogP contribution < -0.4 is 24.8 Å². The van der Waals surface area contributed by atoms with E-state index >= 15 is 0 Å². The van der Waals surface area contributed by atoms with Gasteiger partial charge in [-0.1, -0.05) is 29.2 Å². The van der Waals surface area contributed by atoms with Crippen LogP contribution in [0.15, 0.2) is 46.8 Å². The molecule has 3 aromatic rings. The van der Waals surface area contributed by atoms with E-state index in [1.165, 1.54) is 37.3 Å². The first kappa shape index (κ1) is 23.4. The first-order valence-electron chi connectivity index (χ1n) is 9.55. The van der Waals surface area contributed by atoms with Crippen LogP contribution in [0.25, 0.3) is 0 Å². The summed E-state index contributed by atoms with van der Waals surface area (Å²) in [6.45, 7) is 2.49. The molecule has 11 heteroatoms. The van der Waals surface area contributed by atoms with Crippen LogP contribution in [0.5, 0.6) is 17.2 Å². The molecule has 0 aliphatic carbocycles. The first-order valence-corrected chi connectivity index (χ1v) is 11.4. The molecule has 0 bridgehead atoms. The van der Waals surface area contributed by atoms with Crippen molar-refractivity contribution >= 4 is 45.7 Å². The Morgan fingerprint density at radius 1 is 1.00 bits per heavy atom. The molecular formula is C21H22N4O5S2. The zero-order valence-electron chi connectivity index (χ0n) is 17.7. The number of thioether (sulfide) groups is 1. The average molecular weight is 475 g/mol. The van der Waals surface area contributed by atoms with E-state index in [0.717, 1.165) is 5.75 Å². The number of carbonyl (C=O) groups excluding carboxylic acids is 2. The van der Waals surface area contributed by atoms with Crippen molar-refractivity contribution in [1.82, 2.24) is 10.2 Å². The molecule has 1 aromatic heterocycles. The lowest BCUT2D eigenvalue weighted by Crippen LogP contribution is -2.14. The number of nitrogens with zero attached hydrogens (tertiary/aromatic N) is 2. The van der Waals surface area contributed by atoms with E-state index in [9.17, 15) is 9.59 Å². The minimum Gasteiger partial charge on any atom is -0.496 e. The molecule has 0 fully saturated rings. The van der Waals surface area contributed by atoms with Crippen LogP contribution in [0, 0.1) is 0 Å². The van der Waals surface area contributed by atoms with Gasteiger partial charge in [0.25, 0.3) is 5.91 Å². The van der Waals surface area contributed by atoms with Crippen LogP contribution in [-0.2, 0) is 4.79 Å². The number of anilines is 2. The predicted octanol–water partition coefficient (Wildman–Crippen LogP) is 3.94. The number of hydrogen-bond donors (Lipinski definition) is 2. The van der Waals surface area contributed by atoms with Gasteiger partial charge in [0.15, 0.2) is 4.34 Å². The molecule has 0 radical (unpaired) electrons. The number of methoxy groups -OCH3 is 2. The van der Waals surface area contributed by atoms with Crippen molar-refractivity contribution < 1.29 is 23.8 Å². The van der Waals surface area contributed by atoms with Crippen LogP contribution in [-0.4, -0.2) is 48.6 Å². The lowest BCUT2D eigenvalue weighted by molar-refractivity contribution is -0.113. The van der Waals surface area contributed by atoms with Gasteiger partial charge >= 0.3 is 0 Å².